The molecule has 1 aliphatic carbocycles. The van der Waals surface area contributed by atoms with E-state index in [4.69, 9.17) is 9.15 Å². The molecule has 30 heavy (non-hydrogen) atoms. The van der Waals surface area contributed by atoms with Gasteiger partial charge in [-0.1, -0.05) is 19.3 Å². The maximum Gasteiger partial charge on any atom is 0.337 e. The molecule has 1 saturated carbocycles. The van der Waals surface area contributed by atoms with Crippen LogP contribution in [0, 0.1) is 0 Å². The maximum atomic E-state index is 13.1. The highest BCUT2D eigenvalue weighted by Gasteiger charge is 2.39. The molecule has 7 heteroatoms. The number of nitrogens with zero attached hydrogens (tertiary/aromatic N) is 2. The molecule has 2 aliphatic rings. The number of amides is 1. The second-order valence-corrected chi connectivity index (χ2v) is 8.60. The van der Waals surface area contributed by atoms with Crippen molar-refractivity contribution in [3.63, 3.8) is 0 Å². The largest absolute Gasteiger partial charge is 0.497 e. The Morgan fingerprint density at radius 2 is 1.87 bits per heavy atom. The summed E-state index contributed by atoms with van der Waals surface area (Å²) in [5.41, 5.74) is 0.187. The van der Waals surface area contributed by atoms with E-state index < -0.39 is 5.63 Å². The molecular formula is C23H31N3O4. The number of likely N-dealkylation sites (N-methyl/N-ethyl adjacent to an activating group) is 1. The van der Waals surface area contributed by atoms with Crippen LogP contribution >= 0.6 is 0 Å². The Hall–Kier alpha value is -2.38. The first-order valence-electron chi connectivity index (χ1n) is 10.8. The Bertz CT molecular complexity index is 957. The third-order valence-corrected chi connectivity index (χ3v) is 6.73. The molecule has 162 valence electrons. The van der Waals surface area contributed by atoms with Gasteiger partial charge in [-0.15, -0.1) is 0 Å². The molecule has 1 aromatic carbocycles. The Balaban J connectivity index is 1.56. The minimum atomic E-state index is -0.535. The topological polar surface area (TPSA) is 75.0 Å². The van der Waals surface area contributed by atoms with Crippen LogP contribution in [0.3, 0.4) is 0 Å². The van der Waals surface area contributed by atoms with E-state index in [1.54, 1.807) is 25.3 Å². The highest BCUT2D eigenvalue weighted by Crippen LogP contribution is 2.34. The van der Waals surface area contributed by atoms with Gasteiger partial charge in [0.1, 0.15) is 11.3 Å². The zero-order valence-electron chi connectivity index (χ0n) is 17.9. The van der Waals surface area contributed by atoms with Crippen molar-refractivity contribution >= 4 is 16.9 Å². The van der Waals surface area contributed by atoms with E-state index in [1.165, 1.54) is 25.3 Å². The summed E-state index contributed by atoms with van der Waals surface area (Å²) in [6.45, 7) is 4.78. The first-order chi connectivity index (χ1) is 14.5. The first-order valence-corrected chi connectivity index (χ1v) is 10.8. The van der Waals surface area contributed by atoms with Crippen molar-refractivity contribution in [3.8, 4) is 5.75 Å². The van der Waals surface area contributed by atoms with E-state index in [2.05, 4.69) is 22.2 Å². The van der Waals surface area contributed by atoms with Crippen molar-refractivity contribution < 1.29 is 13.9 Å². The number of hydrogen-bond donors (Lipinski definition) is 1. The first kappa shape index (κ1) is 20.9. The molecule has 1 aromatic heterocycles. The molecule has 1 amide bonds. The Kier molecular flexibility index (Phi) is 6.11. The minimum absolute atomic E-state index is 0.00758. The quantitative estimate of drug-likeness (QED) is 0.759. The van der Waals surface area contributed by atoms with Crippen LogP contribution in [0.1, 0.15) is 42.5 Å². The molecular weight excluding hydrogens is 382 g/mol. The summed E-state index contributed by atoms with van der Waals surface area (Å²) in [6, 6.07) is 6.46. The van der Waals surface area contributed by atoms with Gasteiger partial charge in [-0.3, -0.25) is 9.69 Å². The van der Waals surface area contributed by atoms with Crippen LogP contribution in [0.2, 0.25) is 0 Å². The fraction of sp³-hybridized carbons (Fsp3) is 0.565. The molecule has 1 N–H and O–H groups in total. The number of hydrogen-bond acceptors (Lipinski definition) is 6. The lowest BCUT2D eigenvalue weighted by molar-refractivity contribution is 0.0138. The number of fused-ring (bicyclic) bond motifs is 1. The van der Waals surface area contributed by atoms with Crippen molar-refractivity contribution in [2.75, 3.05) is 46.9 Å². The van der Waals surface area contributed by atoms with Crippen LogP contribution in [-0.4, -0.2) is 68.1 Å². The minimum Gasteiger partial charge on any atom is -0.497 e. The number of rotatable bonds is 5. The van der Waals surface area contributed by atoms with E-state index >= 15 is 0 Å². The Morgan fingerprint density at radius 1 is 1.13 bits per heavy atom. The number of benzene rings is 1. The number of carbonyl (C=O) groups is 1. The summed E-state index contributed by atoms with van der Waals surface area (Å²) < 4.78 is 10.5. The van der Waals surface area contributed by atoms with Crippen molar-refractivity contribution in [2.24, 2.45) is 0 Å². The van der Waals surface area contributed by atoms with Gasteiger partial charge < -0.3 is 19.4 Å². The zero-order chi connectivity index (χ0) is 21.1. The molecule has 2 heterocycles. The smallest absolute Gasteiger partial charge is 0.337 e. The maximum absolute atomic E-state index is 13.1. The molecule has 0 spiro atoms. The van der Waals surface area contributed by atoms with E-state index in [1.807, 2.05) is 0 Å². The van der Waals surface area contributed by atoms with Crippen LogP contribution in [0.4, 0.5) is 0 Å². The lowest BCUT2D eigenvalue weighted by atomic mass is 9.79. The molecule has 0 atom stereocenters. The number of ether oxygens (including phenoxy) is 1. The van der Waals surface area contributed by atoms with Crippen LogP contribution < -0.4 is 15.7 Å². The van der Waals surface area contributed by atoms with Gasteiger partial charge in [-0.25, -0.2) is 4.79 Å². The Morgan fingerprint density at radius 3 is 2.57 bits per heavy atom. The van der Waals surface area contributed by atoms with Gasteiger partial charge in [0.2, 0.25) is 0 Å². The van der Waals surface area contributed by atoms with Gasteiger partial charge in [0, 0.05) is 55.8 Å². The average molecular weight is 414 g/mol. The second kappa shape index (κ2) is 8.78. The lowest BCUT2D eigenvalue weighted by Gasteiger charge is -2.49. The van der Waals surface area contributed by atoms with Crippen molar-refractivity contribution in [3.05, 3.63) is 40.2 Å². The summed E-state index contributed by atoms with van der Waals surface area (Å²) in [5.74, 6) is 0.358. The van der Waals surface area contributed by atoms with Crippen LogP contribution in [0.25, 0.3) is 11.0 Å². The van der Waals surface area contributed by atoms with Gasteiger partial charge in [0.25, 0.3) is 5.91 Å². The summed E-state index contributed by atoms with van der Waals surface area (Å²) >= 11 is 0. The van der Waals surface area contributed by atoms with Gasteiger partial charge >= 0.3 is 5.63 Å². The zero-order valence-corrected chi connectivity index (χ0v) is 17.9. The number of methoxy groups -OCH3 is 1. The van der Waals surface area contributed by atoms with E-state index in [0.29, 0.717) is 28.8 Å². The Labute approximate surface area is 177 Å². The highest BCUT2D eigenvalue weighted by atomic mass is 16.5. The molecule has 0 radical (unpaired) electrons. The second-order valence-electron chi connectivity index (χ2n) is 8.60. The van der Waals surface area contributed by atoms with Gasteiger partial charge in [0.05, 0.1) is 12.7 Å². The van der Waals surface area contributed by atoms with E-state index in [-0.39, 0.29) is 11.4 Å². The number of nitrogens with one attached hydrogen (secondary N) is 1. The molecule has 1 aliphatic heterocycles. The predicted octanol–water partition coefficient (Wildman–Crippen LogP) is 2.48. The third kappa shape index (κ3) is 4.23. The fourth-order valence-corrected chi connectivity index (χ4v) is 4.89. The molecule has 0 bridgehead atoms. The molecule has 1 saturated heterocycles. The standard InChI is InChI=1S/C23H31N3O4/c1-25-10-12-26(13-11-25)23(8-4-3-5-9-23)16-24-22(28)19-15-21(27)30-20-14-17(29-2)6-7-18(19)20/h6-7,14-15H,3-5,8-13,16H2,1-2H3,(H,24,28). The summed E-state index contributed by atoms with van der Waals surface area (Å²) in [7, 11) is 3.71. The lowest BCUT2D eigenvalue weighted by Crippen LogP contribution is -2.61. The van der Waals surface area contributed by atoms with Crippen molar-refractivity contribution in [1.82, 2.24) is 15.1 Å². The van der Waals surface area contributed by atoms with E-state index in [0.717, 1.165) is 39.0 Å². The molecule has 0 unspecified atom stereocenters. The van der Waals surface area contributed by atoms with Gasteiger partial charge in [-0.2, -0.15) is 0 Å². The van der Waals surface area contributed by atoms with Crippen LogP contribution in [-0.2, 0) is 0 Å². The fourth-order valence-electron chi connectivity index (χ4n) is 4.89. The van der Waals surface area contributed by atoms with Gasteiger partial charge in [0.15, 0.2) is 0 Å². The van der Waals surface area contributed by atoms with Crippen LogP contribution in [0.15, 0.2) is 33.5 Å². The van der Waals surface area contributed by atoms with Crippen molar-refractivity contribution in [1.29, 1.82) is 0 Å². The normalized spacial score (nSPS) is 20.2. The highest BCUT2D eigenvalue weighted by molar-refractivity contribution is 6.05. The molecule has 7 nitrogen and oxygen atoms in total. The van der Waals surface area contributed by atoms with Gasteiger partial charge in [-0.05, 0) is 32.0 Å². The molecule has 2 aromatic rings. The molecule has 2 fully saturated rings. The monoisotopic (exact) mass is 413 g/mol. The predicted molar refractivity (Wildman–Crippen MR) is 116 cm³/mol. The van der Waals surface area contributed by atoms with E-state index in [9.17, 15) is 9.59 Å². The SMILES string of the molecule is COc1ccc2c(C(=O)NCC3(N4CCN(C)CC4)CCCCC3)cc(=O)oc2c1. The summed E-state index contributed by atoms with van der Waals surface area (Å²) in [4.78, 5) is 30.1. The third-order valence-electron chi connectivity index (χ3n) is 6.73. The number of piperazine rings is 1. The average Bonchev–Trinajstić information content (AvgIpc) is 2.77. The van der Waals surface area contributed by atoms with Crippen LogP contribution in [0.5, 0.6) is 5.75 Å². The van der Waals surface area contributed by atoms with Crippen molar-refractivity contribution in [2.45, 2.75) is 37.6 Å². The summed E-state index contributed by atoms with van der Waals surface area (Å²) in [6.07, 6.45) is 5.85. The molecule has 4 rings (SSSR count). The number of carbonyl (C=O) groups excluding carboxylic acids is 1. The summed E-state index contributed by atoms with van der Waals surface area (Å²) in [5, 5.41) is 3.78.